The van der Waals surface area contributed by atoms with Crippen LogP contribution in [0.15, 0.2) is 39.9 Å². The number of halogens is 1. The molecule has 0 fully saturated rings. The smallest absolute Gasteiger partial charge is 0.226 e. The third-order valence-corrected chi connectivity index (χ3v) is 3.29. The van der Waals surface area contributed by atoms with Crippen LogP contribution in [0.1, 0.15) is 31.5 Å². The number of hydrogen-bond donors (Lipinski definition) is 2. The van der Waals surface area contributed by atoms with Gasteiger partial charge in [-0.15, -0.1) is 24.0 Å². The van der Waals surface area contributed by atoms with E-state index in [1.807, 2.05) is 24.3 Å². The van der Waals surface area contributed by atoms with Crippen LogP contribution < -0.4 is 11.1 Å². The van der Waals surface area contributed by atoms with E-state index < -0.39 is 0 Å². The standard InChI is InChI=1S/C17H24N4O.HI/c1-12(2)8-9-19-17(18)20-10-15-11-22-16(21-15)14-6-4-13(3)5-7-14;/h4-7,11-12H,8-10H2,1-3H3,(H3,18,19,20);1H. The van der Waals surface area contributed by atoms with Gasteiger partial charge in [0, 0.05) is 12.1 Å². The number of aromatic nitrogens is 1. The van der Waals surface area contributed by atoms with Gasteiger partial charge in [0.05, 0.1) is 6.54 Å². The molecule has 5 nitrogen and oxygen atoms in total. The number of nitrogens with two attached hydrogens (primary N) is 1. The van der Waals surface area contributed by atoms with Gasteiger partial charge in [-0.2, -0.15) is 0 Å². The van der Waals surface area contributed by atoms with Crippen molar-refractivity contribution in [1.29, 1.82) is 0 Å². The van der Waals surface area contributed by atoms with Gasteiger partial charge in [0.2, 0.25) is 5.89 Å². The van der Waals surface area contributed by atoms with Crippen molar-refractivity contribution in [3.05, 3.63) is 41.8 Å². The second-order valence-corrected chi connectivity index (χ2v) is 5.82. The average Bonchev–Trinajstić information content (AvgIpc) is 2.94. The Hall–Kier alpha value is -1.57. The predicted molar refractivity (Wildman–Crippen MR) is 105 cm³/mol. The lowest BCUT2D eigenvalue weighted by molar-refractivity contribution is 0.572. The van der Waals surface area contributed by atoms with Crippen molar-refractivity contribution in [2.45, 2.75) is 33.7 Å². The Morgan fingerprint density at radius 2 is 2.00 bits per heavy atom. The molecule has 0 bridgehead atoms. The van der Waals surface area contributed by atoms with Crippen molar-refractivity contribution in [3.63, 3.8) is 0 Å². The highest BCUT2D eigenvalue weighted by Crippen LogP contribution is 2.19. The minimum absolute atomic E-state index is 0. The van der Waals surface area contributed by atoms with Gasteiger partial charge in [-0.3, -0.25) is 0 Å². The fourth-order valence-corrected chi connectivity index (χ4v) is 1.92. The summed E-state index contributed by atoms with van der Waals surface area (Å²) < 4.78 is 5.49. The fraction of sp³-hybridized carbons (Fsp3) is 0.412. The number of nitrogens with zero attached hydrogens (tertiary/aromatic N) is 2. The highest BCUT2D eigenvalue weighted by atomic mass is 127. The van der Waals surface area contributed by atoms with Gasteiger partial charge in [0.1, 0.15) is 12.0 Å². The first-order valence-electron chi connectivity index (χ1n) is 7.60. The highest BCUT2D eigenvalue weighted by molar-refractivity contribution is 14.0. The number of nitrogens with one attached hydrogen (secondary N) is 1. The summed E-state index contributed by atoms with van der Waals surface area (Å²) in [6.45, 7) is 7.65. The zero-order valence-corrected chi connectivity index (χ0v) is 16.2. The first-order valence-corrected chi connectivity index (χ1v) is 7.60. The Bertz CT molecular complexity index is 620. The molecule has 0 atom stereocenters. The Kier molecular flexibility index (Phi) is 8.08. The van der Waals surface area contributed by atoms with Gasteiger partial charge in [-0.05, 0) is 31.4 Å². The fourth-order valence-electron chi connectivity index (χ4n) is 1.92. The molecule has 126 valence electrons. The number of oxazole rings is 1. The summed E-state index contributed by atoms with van der Waals surface area (Å²) in [5, 5.41) is 3.10. The molecule has 0 radical (unpaired) electrons. The molecule has 3 N–H and O–H groups in total. The van der Waals surface area contributed by atoms with E-state index in [1.165, 1.54) is 5.56 Å². The van der Waals surface area contributed by atoms with E-state index in [0.29, 0.717) is 24.3 Å². The quantitative estimate of drug-likeness (QED) is 0.418. The largest absolute Gasteiger partial charge is 0.444 e. The molecule has 0 saturated heterocycles. The van der Waals surface area contributed by atoms with Crippen LogP contribution in [-0.2, 0) is 6.54 Å². The number of guanidine groups is 1. The van der Waals surface area contributed by atoms with Crippen LogP contribution in [0.3, 0.4) is 0 Å². The lowest BCUT2D eigenvalue weighted by Crippen LogP contribution is -2.32. The maximum Gasteiger partial charge on any atom is 0.226 e. The normalized spacial score (nSPS) is 11.4. The Morgan fingerprint density at radius 1 is 1.30 bits per heavy atom. The molecule has 2 aromatic rings. The maximum atomic E-state index is 5.82. The minimum atomic E-state index is 0. The van der Waals surface area contributed by atoms with E-state index in [9.17, 15) is 0 Å². The van der Waals surface area contributed by atoms with Crippen LogP contribution in [0.25, 0.3) is 11.5 Å². The third kappa shape index (κ3) is 6.60. The van der Waals surface area contributed by atoms with Crippen LogP contribution in [0.2, 0.25) is 0 Å². The van der Waals surface area contributed by atoms with E-state index >= 15 is 0 Å². The average molecular weight is 428 g/mol. The molecule has 23 heavy (non-hydrogen) atoms. The van der Waals surface area contributed by atoms with Gasteiger partial charge in [-0.25, -0.2) is 9.98 Å². The molecule has 6 heteroatoms. The van der Waals surface area contributed by atoms with Crippen molar-refractivity contribution < 1.29 is 4.42 Å². The molecule has 0 amide bonds. The van der Waals surface area contributed by atoms with Crippen LogP contribution in [0, 0.1) is 12.8 Å². The summed E-state index contributed by atoms with van der Waals surface area (Å²) in [6.07, 6.45) is 2.69. The second-order valence-electron chi connectivity index (χ2n) is 5.82. The molecular weight excluding hydrogens is 403 g/mol. The van der Waals surface area contributed by atoms with Gasteiger partial charge >= 0.3 is 0 Å². The van der Waals surface area contributed by atoms with Crippen LogP contribution >= 0.6 is 24.0 Å². The maximum absolute atomic E-state index is 5.82. The van der Waals surface area contributed by atoms with Gasteiger partial charge in [0.25, 0.3) is 0 Å². The number of rotatable bonds is 6. The van der Waals surface area contributed by atoms with E-state index in [-0.39, 0.29) is 24.0 Å². The Labute approximate surface area is 154 Å². The van der Waals surface area contributed by atoms with Crippen LogP contribution in [0.4, 0.5) is 0 Å². The summed E-state index contributed by atoms with van der Waals surface area (Å²) in [5.74, 6) is 1.70. The lowest BCUT2D eigenvalue weighted by Gasteiger charge is -2.06. The summed E-state index contributed by atoms with van der Waals surface area (Å²) in [5.41, 5.74) is 8.76. The molecule has 0 aliphatic heterocycles. The lowest BCUT2D eigenvalue weighted by atomic mass is 10.1. The Morgan fingerprint density at radius 3 is 2.65 bits per heavy atom. The van der Waals surface area contributed by atoms with Crippen molar-refractivity contribution in [2.24, 2.45) is 16.6 Å². The number of hydrogen-bond acceptors (Lipinski definition) is 3. The van der Waals surface area contributed by atoms with Crippen molar-refractivity contribution in [2.75, 3.05) is 6.54 Å². The Balaban J connectivity index is 0.00000264. The topological polar surface area (TPSA) is 76.4 Å². The molecule has 0 unspecified atom stereocenters. The van der Waals surface area contributed by atoms with E-state index in [2.05, 4.69) is 36.1 Å². The van der Waals surface area contributed by atoms with Crippen LogP contribution in [0.5, 0.6) is 0 Å². The van der Waals surface area contributed by atoms with E-state index in [4.69, 9.17) is 10.2 Å². The minimum Gasteiger partial charge on any atom is -0.444 e. The molecule has 1 aromatic carbocycles. The zero-order valence-electron chi connectivity index (χ0n) is 13.9. The molecule has 2 rings (SSSR count). The first kappa shape index (κ1) is 19.5. The van der Waals surface area contributed by atoms with Crippen molar-refractivity contribution in [1.82, 2.24) is 10.3 Å². The zero-order chi connectivity index (χ0) is 15.9. The number of benzene rings is 1. The SMILES string of the molecule is Cc1ccc(-c2nc(CN=C(N)NCCC(C)C)co2)cc1.I. The third-order valence-electron chi connectivity index (χ3n) is 3.29. The molecule has 0 spiro atoms. The van der Waals surface area contributed by atoms with Crippen LogP contribution in [-0.4, -0.2) is 17.5 Å². The van der Waals surface area contributed by atoms with E-state index in [1.54, 1.807) is 6.26 Å². The van der Waals surface area contributed by atoms with Gasteiger partial charge in [0.15, 0.2) is 5.96 Å². The predicted octanol–water partition coefficient (Wildman–Crippen LogP) is 3.72. The van der Waals surface area contributed by atoms with Crippen molar-refractivity contribution >= 4 is 29.9 Å². The molecule has 0 saturated carbocycles. The highest BCUT2D eigenvalue weighted by Gasteiger charge is 2.06. The van der Waals surface area contributed by atoms with Gasteiger partial charge in [-0.1, -0.05) is 31.5 Å². The summed E-state index contributed by atoms with van der Waals surface area (Å²) in [7, 11) is 0. The molecule has 1 aromatic heterocycles. The van der Waals surface area contributed by atoms with E-state index in [0.717, 1.165) is 24.2 Å². The number of aliphatic imine (C=N–C) groups is 1. The molecule has 0 aliphatic carbocycles. The number of aryl methyl sites for hydroxylation is 1. The first-order chi connectivity index (χ1) is 10.5. The monoisotopic (exact) mass is 428 g/mol. The summed E-state index contributed by atoms with van der Waals surface area (Å²) in [4.78, 5) is 8.71. The summed E-state index contributed by atoms with van der Waals surface area (Å²) in [6, 6.07) is 8.06. The molecular formula is C17H25IN4O. The van der Waals surface area contributed by atoms with Gasteiger partial charge < -0.3 is 15.5 Å². The summed E-state index contributed by atoms with van der Waals surface area (Å²) >= 11 is 0. The molecule has 0 aliphatic rings. The molecule has 1 heterocycles. The van der Waals surface area contributed by atoms with Crippen molar-refractivity contribution in [3.8, 4) is 11.5 Å². The second kappa shape index (κ2) is 9.54.